The van der Waals surface area contributed by atoms with Crippen LogP contribution in [-0.2, 0) is 21.2 Å². The number of nitrogens with one attached hydrogen (secondary N) is 1. The van der Waals surface area contributed by atoms with E-state index in [-0.39, 0.29) is 22.5 Å². The number of Topliss-reactive ketones (excluding diaryl/α,β-unsaturated/α-hetero) is 1. The van der Waals surface area contributed by atoms with Crippen LogP contribution in [0.3, 0.4) is 0 Å². The first-order chi connectivity index (χ1) is 15.2. The van der Waals surface area contributed by atoms with Crippen molar-refractivity contribution in [2.75, 3.05) is 19.6 Å². The van der Waals surface area contributed by atoms with Gasteiger partial charge >= 0.3 is 0 Å². The molecule has 1 aliphatic rings. The molecule has 1 N–H and O–H groups in total. The van der Waals surface area contributed by atoms with Crippen LogP contribution >= 0.6 is 0 Å². The van der Waals surface area contributed by atoms with Gasteiger partial charge in [-0.25, -0.2) is 8.42 Å². The molecular weight excluding hydrogens is 424 g/mol. The number of carbonyl (C=O) groups is 2. The van der Waals surface area contributed by atoms with Gasteiger partial charge in [-0.05, 0) is 69.7 Å². The molecule has 0 atom stereocenters. The molecule has 172 valence electrons. The SMILES string of the molecule is CC(=O)c1ccc(S(=O)(=O)N2CCC(C(=O)NCCCc3ccc(C)cc3C)CC2)cc1. The Morgan fingerprint density at radius 1 is 1.03 bits per heavy atom. The Bertz CT molecular complexity index is 1070. The summed E-state index contributed by atoms with van der Waals surface area (Å²) >= 11 is 0. The van der Waals surface area contributed by atoms with Crippen molar-refractivity contribution in [3.8, 4) is 0 Å². The van der Waals surface area contributed by atoms with Gasteiger partial charge in [0.15, 0.2) is 5.78 Å². The lowest BCUT2D eigenvalue weighted by atomic mass is 9.97. The molecule has 0 spiro atoms. The van der Waals surface area contributed by atoms with Crippen LogP contribution in [-0.4, -0.2) is 44.0 Å². The molecule has 2 aromatic rings. The van der Waals surface area contributed by atoms with Gasteiger partial charge in [-0.15, -0.1) is 0 Å². The summed E-state index contributed by atoms with van der Waals surface area (Å²) in [6.07, 6.45) is 2.81. The molecule has 0 unspecified atom stereocenters. The summed E-state index contributed by atoms with van der Waals surface area (Å²) in [6, 6.07) is 12.5. The van der Waals surface area contributed by atoms with Crippen LogP contribution in [0.5, 0.6) is 0 Å². The predicted octanol–water partition coefficient (Wildman–Crippen LogP) is 3.66. The number of amides is 1. The van der Waals surface area contributed by atoms with E-state index in [1.165, 1.54) is 52.2 Å². The molecule has 32 heavy (non-hydrogen) atoms. The first-order valence-corrected chi connectivity index (χ1v) is 12.6. The second-order valence-electron chi connectivity index (χ2n) is 8.58. The summed E-state index contributed by atoms with van der Waals surface area (Å²) < 4.78 is 27.2. The Balaban J connectivity index is 1.46. The molecule has 1 amide bonds. The Morgan fingerprint density at radius 3 is 2.28 bits per heavy atom. The fraction of sp³-hybridized carbons (Fsp3) is 0.440. The van der Waals surface area contributed by atoms with Crippen LogP contribution in [0.2, 0.25) is 0 Å². The van der Waals surface area contributed by atoms with Crippen LogP contribution in [0, 0.1) is 19.8 Å². The quantitative estimate of drug-likeness (QED) is 0.485. The molecule has 0 aromatic heterocycles. The molecule has 1 aliphatic heterocycles. The molecule has 1 fully saturated rings. The van der Waals surface area contributed by atoms with Gasteiger partial charge in [0, 0.05) is 31.1 Å². The van der Waals surface area contributed by atoms with Gasteiger partial charge in [-0.2, -0.15) is 4.31 Å². The van der Waals surface area contributed by atoms with Crippen LogP contribution in [0.15, 0.2) is 47.4 Å². The van der Waals surface area contributed by atoms with Crippen molar-refractivity contribution in [3.63, 3.8) is 0 Å². The topological polar surface area (TPSA) is 83.6 Å². The minimum Gasteiger partial charge on any atom is -0.356 e. The number of rotatable bonds is 8. The third kappa shape index (κ3) is 5.84. The number of carbonyl (C=O) groups excluding carboxylic acids is 2. The van der Waals surface area contributed by atoms with Crippen molar-refractivity contribution in [2.45, 2.75) is 51.3 Å². The van der Waals surface area contributed by atoms with Gasteiger partial charge in [0.2, 0.25) is 15.9 Å². The molecular formula is C25H32N2O4S. The largest absolute Gasteiger partial charge is 0.356 e. The average Bonchev–Trinajstić information content (AvgIpc) is 2.78. The van der Waals surface area contributed by atoms with Gasteiger partial charge in [0.25, 0.3) is 0 Å². The third-order valence-corrected chi connectivity index (χ3v) is 8.06. The molecule has 2 aromatic carbocycles. The Labute approximate surface area is 191 Å². The lowest BCUT2D eigenvalue weighted by Gasteiger charge is -2.30. The number of benzene rings is 2. The lowest BCUT2D eigenvalue weighted by Crippen LogP contribution is -2.43. The molecule has 1 saturated heterocycles. The summed E-state index contributed by atoms with van der Waals surface area (Å²) in [5.41, 5.74) is 4.32. The van der Waals surface area contributed by atoms with Gasteiger partial charge in [0.1, 0.15) is 0 Å². The normalized spacial score (nSPS) is 15.5. The van der Waals surface area contributed by atoms with Crippen molar-refractivity contribution >= 4 is 21.7 Å². The maximum Gasteiger partial charge on any atom is 0.243 e. The van der Waals surface area contributed by atoms with Gasteiger partial charge in [-0.3, -0.25) is 9.59 Å². The van der Waals surface area contributed by atoms with E-state index in [1.54, 1.807) is 0 Å². The Morgan fingerprint density at radius 2 is 1.69 bits per heavy atom. The minimum absolute atomic E-state index is 0.00786. The minimum atomic E-state index is -3.62. The number of ketones is 1. The van der Waals surface area contributed by atoms with E-state index >= 15 is 0 Å². The number of sulfonamides is 1. The van der Waals surface area contributed by atoms with E-state index in [2.05, 4.69) is 37.4 Å². The summed E-state index contributed by atoms with van der Waals surface area (Å²) in [5.74, 6) is -0.258. The van der Waals surface area contributed by atoms with E-state index in [1.807, 2.05) is 0 Å². The Hall–Kier alpha value is -2.51. The van der Waals surface area contributed by atoms with Gasteiger partial charge in [0.05, 0.1) is 4.90 Å². The second-order valence-corrected chi connectivity index (χ2v) is 10.5. The highest BCUT2D eigenvalue weighted by atomic mass is 32.2. The number of nitrogens with zero attached hydrogens (tertiary/aromatic N) is 1. The zero-order chi connectivity index (χ0) is 23.3. The zero-order valence-corrected chi connectivity index (χ0v) is 19.9. The molecule has 7 heteroatoms. The highest BCUT2D eigenvalue weighted by Gasteiger charge is 2.32. The lowest BCUT2D eigenvalue weighted by molar-refractivity contribution is -0.126. The van der Waals surface area contributed by atoms with Gasteiger partial charge < -0.3 is 5.32 Å². The number of piperidine rings is 1. The monoisotopic (exact) mass is 456 g/mol. The van der Waals surface area contributed by atoms with E-state index < -0.39 is 10.0 Å². The highest BCUT2D eigenvalue weighted by molar-refractivity contribution is 7.89. The van der Waals surface area contributed by atoms with Crippen LogP contribution < -0.4 is 5.32 Å². The predicted molar refractivity (Wildman–Crippen MR) is 125 cm³/mol. The van der Waals surface area contributed by atoms with E-state index in [0.717, 1.165) is 12.8 Å². The number of hydrogen-bond acceptors (Lipinski definition) is 4. The van der Waals surface area contributed by atoms with Crippen LogP contribution in [0.1, 0.15) is 53.2 Å². The van der Waals surface area contributed by atoms with E-state index in [4.69, 9.17) is 0 Å². The molecule has 6 nitrogen and oxygen atoms in total. The smallest absolute Gasteiger partial charge is 0.243 e. The summed E-state index contributed by atoms with van der Waals surface area (Å²) in [6.45, 7) is 6.89. The molecule has 0 saturated carbocycles. The zero-order valence-electron chi connectivity index (χ0n) is 19.1. The summed E-state index contributed by atoms with van der Waals surface area (Å²) in [7, 11) is -3.62. The maximum absolute atomic E-state index is 12.9. The maximum atomic E-state index is 12.9. The second kappa shape index (κ2) is 10.4. The molecule has 1 heterocycles. The van der Waals surface area contributed by atoms with Crippen molar-refractivity contribution in [3.05, 3.63) is 64.7 Å². The first kappa shape index (κ1) is 24.1. The fourth-order valence-corrected chi connectivity index (χ4v) is 5.60. The van der Waals surface area contributed by atoms with Crippen LogP contribution in [0.25, 0.3) is 0 Å². The van der Waals surface area contributed by atoms with Crippen LogP contribution in [0.4, 0.5) is 0 Å². The first-order valence-electron chi connectivity index (χ1n) is 11.1. The van der Waals surface area contributed by atoms with Crippen molar-refractivity contribution in [1.29, 1.82) is 0 Å². The number of aryl methyl sites for hydroxylation is 3. The standard InChI is InChI=1S/C25H32N2O4S/c1-18-6-7-21(19(2)17-18)5-4-14-26-25(29)23-12-15-27(16-13-23)32(30,31)24-10-8-22(9-11-24)20(3)28/h6-11,17,23H,4-5,12-16H2,1-3H3,(H,26,29). The summed E-state index contributed by atoms with van der Waals surface area (Å²) in [5, 5.41) is 3.02. The fourth-order valence-electron chi connectivity index (χ4n) is 4.13. The summed E-state index contributed by atoms with van der Waals surface area (Å²) in [4.78, 5) is 24.1. The molecule has 0 aliphatic carbocycles. The Kier molecular flexibility index (Phi) is 7.85. The van der Waals surface area contributed by atoms with Crippen molar-refractivity contribution in [2.24, 2.45) is 5.92 Å². The van der Waals surface area contributed by atoms with E-state index in [0.29, 0.717) is 38.0 Å². The number of hydrogen-bond donors (Lipinski definition) is 1. The van der Waals surface area contributed by atoms with Crippen molar-refractivity contribution < 1.29 is 18.0 Å². The van der Waals surface area contributed by atoms with Crippen molar-refractivity contribution in [1.82, 2.24) is 9.62 Å². The van der Waals surface area contributed by atoms with Gasteiger partial charge in [-0.1, -0.05) is 35.9 Å². The van der Waals surface area contributed by atoms with E-state index in [9.17, 15) is 18.0 Å². The third-order valence-electron chi connectivity index (χ3n) is 6.14. The highest BCUT2D eigenvalue weighted by Crippen LogP contribution is 2.24. The average molecular weight is 457 g/mol. The molecule has 0 radical (unpaired) electrons. The molecule has 3 rings (SSSR count). The molecule has 0 bridgehead atoms.